The molecule has 26 heavy (non-hydrogen) atoms. The van der Waals surface area contributed by atoms with Crippen LogP contribution in [0.3, 0.4) is 0 Å². The summed E-state index contributed by atoms with van der Waals surface area (Å²) in [6, 6.07) is 14.5. The van der Waals surface area contributed by atoms with Crippen molar-refractivity contribution in [2.24, 2.45) is 5.10 Å². The standard InChI is InChI=1S/C20H23N3O3/c1-14-8-10-16(11-9-14)18(24)22-17-7-5-6-15(12-17)13-21-23-19(25)26-20(2,3)4/h5-13H,1-4H3,(H,22,24)(H,23,25)/b21-13+. The second kappa shape index (κ2) is 8.29. The van der Waals surface area contributed by atoms with Crippen LogP contribution >= 0.6 is 0 Å². The SMILES string of the molecule is Cc1ccc(C(=O)Nc2cccc(/C=N/NC(=O)OC(C)(C)C)c2)cc1. The number of aryl methyl sites for hydroxylation is 1. The lowest BCUT2D eigenvalue weighted by atomic mass is 10.1. The molecule has 0 aliphatic carbocycles. The molecule has 0 fully saturated rings. The Morgan fingerprint density at radius 1 is 1.08 bits per heavy atom. The molecule has 0 aliphatic rings. The number of ether oxygens (including phenoxy) is 1. The summed E-state index contributed by atoms with van der Waals surface area (Å²) in [7, 11) is 0. The van der Waals surface area contributed by atoms with Gasteiger partial charge in [-0.1, -0.05) is 29.8 Å². The maximum Gasteiger partial charge on any atom is 0.428 e. The summed E-state index contributed by atoms with van der Waals surface area (Å²) >= 11 is 0. The molecule has 0 unspecified atom stereocenters. The van der Waals surface area contributed by atoms with Crippen LogP contribution in [0.25, 0.3) is 0 Å². The van der Waals surface area contributed by atoms with E-state index >= 15 is 0 Å². The summed E-state index contributed by atoms with van der Waals surface area (Å²) < 4.78 is 5.09. The first-order valence-electron chi connectivity index (χ1n) is 8.23. The van der Waals surface area contributed by atoms with E-state index in [-0.39, 0.29) is 5.91 Å². The van der Waals surface area contributed by atoms with Gasteiger partial charge in [0.15, 0.2) is 0 Å². The summed E-state index contributed by atoms with van der Waals surface area (Å²) in [5.41, 5.74) is 4.76. The number of rotatable bonds is 4. The number of nitrogens with one attached hydrogen (secondary N) is 2. The molecule has 0 bridgehead atoms. The molecule has 2 N–H and O–H groups in total. The van der Waals surface area contributed by atoms with Gasteiger partial charge in [0.05, 0.1) is 6.21 Å². The number of nitrogens with zero attached hydrogens (tertiary/aromatic N) is 1. The molecule has 2 rings (SSSR count). The Balaban J connectivity index is 1.97. The smallest absolute Gasteiger partial charge is 0.428 e. The first-order chi connectivity index (χ1) is 12.2. The van der Waals surface area contributed by atoms with Crippen molar-refractivity contribution < 1.29 is 14.3 Å². The van der Waals surface area contributed by atoms with Gasteiger partial charge in [0.1, 0.15) is 5.60 Å². The summed E-state index contributed by atoms with van der Waals surface area (Å²) in [5.74, 6) is -0.189. The second-order valence-electron chi connectivity index (χ2n) is 6.82. The molecule has 0 saturated heterocycles. The fourth-order valence-electron chi connectivity index (χ4n) is 2.07. The van der Waals surface area contributed by atoms with Gasteiger partial charge in [0.2, 0.25) is 0 Å². The molecule has 2 amide bonds. The number of anilines is 1. The van der Waals surface area contributed by atoms with E-state index in [1.807, 2.05) is 25.1 Å². The first kappa shape index (κ1) is 19.2. The zero-order chi connectivity index (χ0) is 19.2. The predicted octanol–water partition coefficient (Wildman–Crippen LogP) is 4.11. The van der Waals surface area contributed by atoms with Gasteiger partial charge in [-0.05, 0) is 57.5 Å². The summed E-state index contributed by atoms with van der Waals surface area (Å²) in [4.78, 5) is 23.8. The molecule has 0 aromatic heterocycles. The van der Waals surface area contributed by atoms with E-state index in [2.05, 4.69) is 15.8 Å². The van der Waals surface area contributed by atoms with Gasteiger partial charge in [-0.25, -0.2) is 10.2 Å². The summed E-state index contributed by atoms with van der Waals surface area (Å²) in [6.45, 7) is 7.29. The van der Waals surface area contributed by atoms with Gasteiger partial charge in [-0.15, -0.1) is 0 Å². The topological polar surface area (TPSA) is 79.8 Å². The third kappa shape index (κ3) is 6.39. The van der Waals surface area contributed by atoms with Gasteiger partial charge in [-0.2, -0.15) is 5.10 Å². The Bertz CT molecular complexity index is 806. The Labute approximate surface area is 153 Å². The average molecular weight is 353 g/mol. The number of hydrazone groups is 1. The third-order valence-electron chi connectivity index (χ3n) is 3.23. The number of amides is 2. The van der Waals surface area contributed by atoms with E-state index in [4.69, 9.17) is 4.74 Å². The molecule has 0 spiro atoms. The van der Waals surface area contributed by atoms with Crippen LogP contribution in [-0.4, -0.2) is 23.8 Å². The fraction of sp³-hybridized carbons (Fsp3) is 0.250. The van der Waals surface area contributed by atoms with E-state index in [1.54, 1.807) is 51.1 Å². The van der Waals surface area contributed by atoms with Crippen molar-refractivity contribution in [1.29, 1.82) is 0 Å². The van der Waals surface area contributed by atoms with Gasteiger partial charge < -0.3 is 10.1 Å². The van der Waals surface area contributed by atoms with Gasteiger partial charge >= 0.3 is 6.09 Å². The molecular formula is C20H23N3O3. The first-order valence-corrected chi connectivity index (χ1v) is 8.23. The highest BCUT2D eigenvalue weighted by atomic mass is 16.6. The highest BCUT2D eigenvalue weighted by molar-refractivity contribution is 6.04. The lowest BCUT2D eigenvalue weighted by molar-refractivity contribution is 0.0529. The Kier molecular flexibility index (Phi) is 6.11. The van der Waals surface area contributed by atoms with E-state index in [1.165, 1.54) is 6.21 Å². The molecule has 0 saturated carbocycles. The molecule has 0 atom stereocenters. The highest BCUT2D eigenvalue weighted by Crippen LogP contribution is 2.12. The zero-order valence-corrected chi connectivity index (χ0v) is 15.4. The summed E-state index contributed by atoms with van der Waals surface area (Å²) in [6.07, 6.45) is 0.850. The molecular weight excluding hydrogens is 330 g/mol. The van der Waals surface area contributed by atoms with Crippen molar-refractivity contribution in [1.82, 2.24) is 5.43 Å². The van der Waals surface area contributed by atoms with Gasteiger partial charge in [-0.3, -0.25) is 4.79 Å². The number of carbonyl (C=O) groups is 2. The number of hydrogen-bond acceptors (Lipinski definition) is 4. The van der Waals surface area contributed by atoms with Crippen molar-refractivity contribution in [2.45, 2.75) is 33.3 Å². The minimum absolute atomic E-state index is 0.189. The van der Waals surface area contributed by atoms with Crippen molar-refractivity contribution in [3.05, 3.63) is 65.2 Å². The van der Waals surface area contributed by atoms with Crippen LogP contribution in [0, 0.1) is 6.92 Å². The van der Waals surface area contributed by atoms with E-state index in [0.29, 0.717) is 11.3 Å². The lowest BCUT2D eigenvalue weighted by Gasteiger charge is -2.18. The highest BCUT2D eigenvalue weighted by Gasteiger charge is 2.15. The quantitative estimate of drug-likeness (QED) is 0.641. The minimum atomic E-state index is -0.627. The number of hydrogen-bond donors (Lipinski definition) is 2. The Morgan fingerprint density at radius 2 is 1.77 bits per heavy atom. The Hall–Kier alpha value is -3.15. The van der Waals surface area contributed by atoms with Crippen LogP contribution in [0.2, 0.25) is 0 Å². The van der Waals surface area contributed by atoms with Crippen LogP contribution < -0.4 is 10.7 Å². The Morgan fingerprint density at radius 3 is 2.42 bits per heavy atom. The summed E-state index contributed by atoms with van der Waals surface area (Å²) in [5, 5.41) is 6.69. The largest absolute Gasteiger partial charge is 0.443 e. The molecule has 2 aromatic carbocycles. The van der Waals surface area contributed by atoms with Crippen LogP contribution in [0.4, 0.5) is 10.5 Å². The molecule has 6 heteroatoms. The number of benzene rings is 2. The zero-order valence-electron chi connectivity index (χ0n) is 15.4. The van der Waals surface area contributed by atoms with Gasteiger partial charge in [0, 0.05) is 11.3 Å². The number of carbonyl (C=O) groups excluding carboxylic acids is 2. The van der Waals surface area contributed by atoms with E-state index in [0.717, 1.165) is 11.1 Å². The fourth-order valence-corrected chi connectivity index (χ4v) is 2.07. The molecule has 136 valence electrons. The van der Waals surface area contributed by atoms with E-state index < -0.39 is 11.7 Å². The third-order valence-corrected chi connectivity index (χ3v) is 3.23. The molecule has 0 aliphatic heterocycles. The van der Waals surface area contributed by atoms with Crippen LogP contribution in [0.5, 0.6) is 0 Å². The lowest BCUT2D eigenvalue weighted by Crippen LogP contribution is -2.29. The second-order valence-corrected chi connectivity index (χ2v) is 6.82. The molecule has 6 nitrogen and oxygen atoms in total. The van der Waals surface area contributed by atoms with Crippen molar-refractivity contribution in [3.63, 3.8) is 0 Å². The van der Waals surface area contributed by atoms with Crippen molar-refractivity contribution in [2.75, 3.05) is 5.32 Å². The minimum Gasteiger partial charge on any atom is -0.443 e. The monoisotopic (exact) mass is 353 g/mol. The molecule has 2 aromatic rings. The van der Waals surface area contributed by atoms with Crippen molar-refractivity contribution in [3.8, 4) is 0 Å². The van der Waals surface area contributed by atoms with Gasteiger partial charge in [0.25, 0.3) is 5.91 Å². The molecule has 0 heterocycles. The van der Waals surface area contributed by atoms with Crippen LogP contribution in [0.1, 0.15) is 42.3 Å². The van der Waals surface area contributed by atoms with E-state index in [9.17, 15) is 9.59 Å². The maximum atomic E-state index is 12.3. The maximum absolute atomic E-state index is 12.3. The average Bonchev–Trinajstić information content (AvgIpc) is 2.54. The van der Waals surface area contributed by atoms with Crippen molar-refractivity contribution >= 4 is 23.9 Å². The van der Waals surface area contributed by atoms with Crippen LogP contribution in [-0.2, 0) is 4.74 Å². The predicted molar refractivity (Wildman–Crippen MR) is 103 cm³/mol. The normalized spacial score (nSPS) is 11.2. The molecule has 0 radical (unpaired) electrons. The van der Waals surface area contributed by atoms with Crippen LogP contribution in [0.15, 0.2) is 53.6 Å².